The Balaban J connectivity index is 1.67. The van der Waals surface area contributed by atoms with E-state index in [4.69, 9.17) is 16.3 Å². The second kappa shape index (κ2) is 10.5. The van der Waals surface area contributed by atoms with E-state index in [9.17, 15) is 13.2 Å². The molecular weight excluding hydrogens is 444 g/mol. The van der Waals surface area contributed by atoms with Gasteiger partial charge in [0.05, 0.1) is 10.5 Å². The molecule has 2 aromatic rings. The number of piperidine rings is 1. The fourth-order valence-electron chi connectivity index (χ4n) is 3.25. The van der Waals surface area contributed by atoms with Gasteiger partial charge in [-0.25, -0.2) is 13.1 Å². The molecular formula is C21H25ClN2O4S2. The number of nitrogens with one attached hydrogen (secondary N) is 1. The van der Waals surface area contributed by atoms with E-state index in [-0.39, 0.29) is 24.0 Å². The Bertz CT molecular complexity index is 975. The number of rotatable bonds is 8. The van der Waals surface area contributed by atoms with Crippen LogP contribution in [0.2, 0.25) is 5.02 Å². The van der Waals surface area contributed by atoms with Crippen LogP contribution < -0.4 is 9.46 Å². The summed E-state index contributed by atoms with van der Waals surface area (Å²) in [6, 6.07) is 11.5. The lowest BCUT2D eigenvalue weighted by Gasteiger charge is -2.27. The molecule has 1 aliphatic heterocycles. The van der Waals surface area contributed by atoms with Crippen LogP contribution in [-0.4, -0.2) is 51.7 Å². The highest BCUT2D eigenvalue weighted by Gasteiger charge is 2.23. The molecule has 9 heteroatoms. The Labute approximate surface area is 187 Å². The van der Waals surface area contributed by atoms with Crippen molar-refractivity contribution in [1.29, 1.82) is 0 Å². The third-order valence-electron chi connectivity index (χ3n) is 4.83. The Hall–Kier alpha value is -1.74. The topological polar surface area (TPSA) is 75.7 Å². The lowest BCUT2D eigenvalue weighted by molar-refractivity contribution is 0.0720. The summed E-state index contributed by atoms with van der Waals surface area (Å²) in [7, 11) is -3.76. The number of hydrogen-bond acceptors (Lipinski definition) is 5. The van der Waals surface area contributed by atoms with Crippen LogP contribution in [0.1, 0.15) is 29.6 Å². The Morgan fingerprint density at radius 1 is 1.13 bits per heavy atom. The molecule has 0 aliphatic carbocycles. The number of carbonyl (C=O) groups excluding carboxylic acids is 1. The van der Waals surface area contributed by atoms with Crippen molar-refractivity contribution in [3.63, 3.8) is 0 Å². The predicted octanol–water partition coefficient (Wildman–Crippen LogP) is 4.05. The maximum absolute atomic E-state index is 13.0. The number of thioether (sulfide) groups is 1. The third-order valence-corrected chi connectivity index (χ3v) is 7.34. The predicted molar refractivity (Wildman–Crippen MR) is 120 cm³/mol. The molecule has 1 heterocycles. The van der Waals surface area contributed by atoms with Crippen molar-refractivity contribution >= 4 is 39.3 Å². The lowest BCUT2D eigenvalue weighted by atomic mass is 10.1. The molecule has 0 aromatic heterocycles. The van der Waals surface area contributed by atoms with Crippen molar-refractivity contribution in [3.05, 3.63) is 53.1 Å². The number of halogens is 1. The molecule has 0 bridgehead atoms. The van der Waals surface area contributed by atoms with E-state index in [0.717, 1.165) is 24.2 Å². The van der Waals surface area contributed by atoms with E-state index in [1.54, 1.807) is 30.3 Å². The molecule has 1 N–H and O–H groups in total. The Kier molecular flexibility index (Phi) is 8.05. The normalized spacial score (nSPS) is 14.5. The second-order valence-corrected chi connectivity index (χ2v) is 9.97. The summed E-state index contributed by atoms with van der Waals surface area (Å²) in [6.07, 6.45) is 4.96. The van der Waals surface area contributed by atoms with Gasteiger partial charge >= 0.3 is 0 Å². The average molecular weight is 469 g/mol. The SMILES string of the molecule is CSc1ccc(S(=O)(=O)NCCOc2ccc(Cl)cc2)cc1C(=O)N1CCCCC1. The molecule has 2 aromatic carbocycles. The van der Waals surface area contributed by atoms with E-state index < -0.39 is 10.0 Å². The molecule has 1 saturated heterocycles. The molecule has 0 atom stereocenters. The van der Waals surface area contributed by atoms with Gasteiger partial charge in [0, 0.05) is 29.6 Å². The average Bonchev–Trinajstić information content (AvgIpc) is 2.77. The number of ether oxygens (including phenoxy) is 1. The fraction of sp³-hybridized carbons (Fsp3) is 0.381. The monoisotopic (exact) mass is 468 g/mol. The molecule has 0 spiro atoms. The van der Waals surface area contributed by atoms with E-state index >= 15 is 0 Å². The van der Waals surface area contributed by atoms with Crippen LogP contribution in [-0.2, 0) is 10.0 Å². The number of likely N-dealkylation sites (tertiary alicyclic amines) is 1. The van der Waals surface area contributed by atoms with Crippen molar-refractivity contribution < 1.29 is 17.9 Å². The molecule has 0 radical (unpaired) electrons. The minimum atomic E-state index is -3.76. The highest BCUT2D eigenvalue weighted by molar-refractivity contribution is 7.98. The summed E-state index contributed by atoms with van der Waals surface area (Å²) in [6.45, 7) is 1.70. The summed E-state index contributed by atoms with van der Waals surface area (Å²) in [4.78, 5) is 15.6. The van der Waals surface area contributed by atoms with Crippen molar-refractivity contribution in [3.8, 4) is 5.75 Å². The maximum atomic E-state index is 13.0. The fourth-order valence-corrected chi connectivity index (χ4v) is 4.98. The minimum Gasteiger partial charge on any atom is -0.492 e. The molecule has 1 aliphatic rings. The van der Waals surface area contributed by atoms with Gasteiger partial charge in [0.15, 0.2) is 0 Å². The first-order chi connectivity index (χ1) is 14.4. The summed E-state index contributed by atoms with van der Waals surface area (Å²) in [5.74, 6) is 0.500. The second-order valence-electron chi connectivity index (χ2n) is 6.92. The van der Waals surface area contributed by atoms with Gasteiger partial charge in [-0.15, -0.1) is 11.8 Å². The number of nitrogens with zero attached hydrogens (tertiary/aromatic N) is 1. The van der Waals surface area contributed by atoms with Crippen molar-refractivity contribution in [2.45, 2.75) is 29.1 Å². The molecule has 30 heavy (non-hydrogen) atoms. The van der Waals surface area contributed by atoms with E-state index in [1.165, 1.54) is 23.9 Å². The summed E-state index contributed by atoms with van der Waals surface area (Å²) in [5.41, 5.74) is 0.435. The maximum Gasteiger partial charge on any atom is 0.255 e. The minimum absolute atomic E-state index is 0.0761. The summed E-state index contributed by atoms with van der Waals surface area (Å²) >= 11 is 7.27. The van der Waals surface area contributed by atoms with Gasteiger partial charge in [-0.05, 0) is 68.0 Å². The number of sulfonamides is 1. The number of carbonyl (C=O) groups is 1. The molecule has 0 saturated carbocycles. The van der Waals surface area contributed by atoms with Gasteiger partial charge < -0.3 is 9.64 Å². The number of amides is 1. The zero-order chi connectivity index (χ0) is 21.6. The smallest absolute Gasteiger partial charge is 0.255 e. The summed E-state index contributed by atoms with van der Waals surface area (Å²) < 4.78 is 33.5. The van der Waals surface area contributed by atoms with E-state index in [1.807, 2.05) is 11.2 Å². The standard InChI is InChI=1S/C21H25ClN2O4S2/c1-29-20-10-9-18(15-19(20)21(25)24-12-3-2-4-13-24)30(26,27)23-11-14-28-17-7-5-16(22)6-8-17/h5-10,15,23H,2-4,11-14H2,1H3. The highest BCUT2D eigenvalue weighted by atomic mass is 35.5. The Morgan fingerprint density at radius 2 is 1.83 bits per heavy atom. The lowest BCUT2D eigenvalue weighted by Crippen LogP contribution is -2.36. The Morgan fingerprint density at radius 3 is 2.50 bits per heavy atom. The first-order valence-electron chi connectivity index (χ1n) is 9.76. The quantitative estimate of drug-likeness (QED) is 0.467. The van der Waals surface area contributed by atoms with Gasteiger partial charge in [-0.2, -0.15) is 0 Å². The van der Waals surface area contributed by atoms with Gasteiger partial charge in [-0.1, -0.05) is 11.6 Å². The first kappa shape index (κ1) is 22.9. The molecule has 0 unspecified atom stereocenters. The van der Waals surface area contributed by atoms with Crippen LogP contribution in [0.15, 0.2) is 52.3 Å². The van der Waals surface area contributed by atoms with Gasteiger partial charge in [0.2, 0.25) is 10.0 Å². The van der Waals surface area contributed by atoms with Gasteiger partial charge in [0.25, 0.3) is 5.91 Å². The number of benzene rings is 2. The largest absolute Gasteiger partial charge is 0.492 e. The van der Waals surface area contributed by atoms with Gasteiger partial charge in [-0.3, -0.25) is 4.79 Å². The highest BCUT2D eigenvalue weighted by Crippen LogP contribution is 2.26. The molecule has 162 valence electrons. The molecule has 6 nitrogen and oxygen atoms in total. The first-order valence-corrected chi connectivity index (χ1v) is 12.8. The van der Waals surface area contributed by atoms with Crippen LogP contribution >= 0.6 is 23.4 Å². The zero-order valence-electron chi connectivity index (χ0n) is 16.8. The van der Waals surface area contributed by atoms with E-state index in [0.29, 0.717) is 29.4 Å². The number of hydrogen-bond donors (Lipinski definition) is 1. The van der Waals surface area contributed by atoms with Crippen LogP contribution in [0.4, 0.5) is 0 Å². The van der Waals surface area contributed by atoms with Crippen LogP contribution in [0.25, 0.3) is 0 Å². The third kappa shape index (κ3) is 5.91. The van der Waals surface area contributed by atoms with Crippen LogP contribution in [0.3, 0.4) is 0 Å². The molecule has 3 rings (SSSR count). The van der Waals surface area contributed by atoms with Crippen molar-refractivity contribution in [2.24, 2.45) is 0 Å². The van der Waals surface area contributed by atoms with Crippen LogP contribution in [0, 0.1) is 0 Å². The van der Waals surface area contributed by atoms with Crippen LogP contribution in [0.5, 0.6) is 5.75 Å². The van der Waals surface area contributed by atoms with E-state index in [2.05, 4.69) is 4.72 Å². The van der Waals surface area contributed by atoms with Crippen molar-refractivity contribution in [1.82, 2.24) is 9.62 Å². The summed E-state index contributed by atoms with van der Waals surface area (Å²) in [5, 5.41) is 0.603. The molecule has 1 amide bonds. The zero-order valence-corrected chi connectivity index (χ0v) is 19.2. The van der Waals surface area contributed by atoms with Gasteiger partial charge in [0.1, 0.15) is 12.4 Å². The van der Waals surface area contributed by atoms with Crippen molar-refractivity contribution in [2.75, 3.05) is 32.5 Å². The molecule has 1 fully saturated rings.